The maximum absolute atomic E-state index is 4.28. The summed E-state index contributed by atoms with van der Waals surface area (Å²) in [6.45, 7) is 0. The van der Waals surface area contributed by atoms with Crippen molar-refractivity contribution in [3.63, 3.8) is 0 Å². The van der Waals surface area contributed by atoms with E-state index in [9.17, 15) is 0 Å². The van der Waals surface area contributed by atoms with E-state index in [0.717, 1.165) is 10.2 Å². The highest BCUT2D eigenvalue weighted by Crippen LogP contribution is 2.28. The summed E-state index contributed by atoms with van der Waals surface area (Å²) in [5, 5.41) is 7.62. The fourth-order valence-electron chi connectivity index (χ4n) is 2.17. The van der Waals surface area contributed by atoms with Crippen molar-refractivity contribution in [3.05, 3.63) is 46.2 Å². The molecule has 1 unspecified atom stereocenters. The van der Waals surface area contributed by atoms with Crippen LogP contribution in [0.5, 0.6) is 0 Å². The summed E-state index contributed by atoms with van der Waals surface area (Å²) in [5.41, 5.74) is 3.54. The molecule has 5 heteroatoms. The van der Waals surface area contributed by atoms with Gasteiger partial charge in [0.05, 0.1) is 22.4 Å². The molecule has 0 saturated carbocycles. The molecule has 0 aliphatic heterocycles. The number of nitrogens with one attached hydrogen (secondary N) is 1. The van der Waals surface area contributed by atoms with Gasteiger partial charge < -0.3 is 10.2 Å². The van der Waals surface area contributed by atoms with Crippen LogP contribution >= 0.6 is 15.9 Å². The lowest BCUT2D eigenvalue weighted by Gasteiger charge is -2.19. The maximum Gasteiger partial charge on any atom is 0.0757 e. The van der Waals surface area contributed by atoms with Crippen molar-refractivity contribution in [2.45, 2.75) is 6.04 Å². The van der Waals surface area contributed by atoms with Crippen molar-refractivity contribution in [1.82, 2.24) is 15.1 Å². The molecule has 0 bridgehead atoms. The Morgan fingerprint density at radius 3 is 2.32 bits per heavy atom. The molecular weight excluding hydrogens is 304 g/mol. The van der Waals surface area contributed by atoms with Gasteiger partial charge in [0, 0.05) is 26.8 Å². The van der Waals surface area contributed by atoms with Gasteiger partial charge in [-0.25, -0.2) is 0 Å². The van der Waals surface area contributed by atoms with Crippen LogP contribution in [0.3, 0.4) is 0 Å². The first-order valence-corrected chi connectivity index (χ1v) is 6.96. The van der Waals surface area contributed by atoms with E-state index in [1.54, 1.807) is 0 Å². The molecule has 0 amide bonds. The van der Waals surface area contributed by atoms with Crippen molar-refractivity contribution < 1.29 is 0 Å². The Morgan fingerprint density at radius 2 is 1.89 bits per heavy atom. The molecule has 19 heavy (non-hydrogen) atoms. The summed E-state index contributed by atoms with van der Waals surface area (Å²) < 4.78 is 2.91. The first-order valence-electron chi connectivity index (χ1n) is 6.16. The molecule has 0 saturated heterocycles. The van der Waals surface area contributed by atoms with E-state index in [1.165, 1.54) is 11.3 Å². The number of nitrogens with zero attached hydrogens (tertiary/aromatic N) is 3. The Hall–Kier alpha value is -1.33. The SMILES string of the molecule is CNC(c1ccc(N(C)C)cc1)c1c(Br)cnn1C. The molecule has 1 aromatic carbocycles. The van der Waals surface area contributed by atoms with Crippen molar-refractivity contribution in [1.29, 1.82) is 0 Å². The molecule has 0 radical (unpaired) electrons. The molecule has 1 atom stereocenters. The lowest BCUT2D eigenvalue weighted by atomic mass is 10.0. The predicted molar refractivity (Wildman–Crippen MR) is 82.6 cm³/mol. The van der Waals surface area contributed by atoms with Gasteiger partial charge in [-0.2, -0.15) is 5.10 Å². The topological polar surface area (TPSA) is 33.1 Å². The van der Waals surface area contributed by atoms with Gasteiger partial charge in [-0.05, 0) is 40.7 Å². The van der Waals surface area contributed by atoms with Gasteiger partial charge in [-0.3, -0.25) is 4.68 Å². The third-order valence-electron chi connectivity index (χ3n) is 3.24. The third kappa shape index (κ3) is 2.82. The highest BCUT2D eigenvalue weighted by molar-refractivity contribution is 9.10. The highest BCUT2D eigenvalue weighted by atomic mass is 79.9. The minimum absolute atomic E-state index is 0.123. The minimum atomic E-state index is 0.123. The van der Waals surface area contributed by atoms with E-state index >= 15 is 0 Å². The zero-order chi connectivity index (χ0) is 14.0. The van der Waals surface area contributed by atoms with Gasteiger partial charge in [0.2, 0.25) is 0 Å². The Kier molecular flexibility index (Phi) is 4.27. The fourth-order valence-corrected chi connectivity index (χ4v) is 2.75. The molecule has 0 aliphatic carbocycles. The van der Waals surface area contributed by atoms with Crippen LogP contribution in [0.4, 0.5) is 5.69 Å². The highest BCUT2D eigenvalue weighted by Gasteiger charge is 2.19. The van der Waals surface area contributed by atoms with Crippen LogP contribution in [-0.4, -0.2) is 30.9 Å². The van der Waals surface area contributed by atoms with Crippen LogP contribution in [0.2, 0.25) is 0 Å². The van der Waals surface area contributed by atoms with Crippen LogP contribution in [0.25, 0.3) is 0 Å². The lowest BCUT2D eigenvalue weighted by molar-refractivity contribution is 0.604. The second kappa shape index (κ2) is 5.75. The van der Waals surface area contributed by atoms with Gasteiger partial charge in [-0.15, -0.1) is 0 Å². The molecule has 0 fully saturated rings. The maximum atomic E-state index is 4.28. The summed E-state index contributed by atoms with van der Waals surface area (Å²) in [5.74, 6) is 0. The van der Waals surface area contributed by atoms with E-state index in [0.29, 0.717) is 0 Å². The normalized spacial score (nSPS) is 12.5. The van der Waals surface area contributed by atoms with Gasteiger partial charge in [-0.1, -0.05) is 12.1 Å². The van der Waals surface area contributed by atoms with Crippen LogP contribution in [-0.2, 0) is 7.05 Å². The number of aryl methyl sites for hydroxylation is 1. The Bertz CT molecular complexity index is 526. The molecule has 0 spiro atoms. The molecule has 2 rings (SSSR count). The van der Waals surface area contributed by atoms with Crippen LogP contribution in [0, 0.1) is 0 Å². The summed E-state index contributed by atoms with van der Waals surface area (Å²) >= 11 is 3.56. The van der Waals surface area contributed by atoms with E-state index in [2.05, 4.69) is 55.5 Å². The number of benzene rings is 1. The number of rotatable bonds is 4. The first-order chi connectivity index (χ1) is 9.04. The molecule has 1 heterocycles. The molecule has 1 aromatic heterocycles. The predicted octanol–water partition coefficient (Wildman–Crippen LogP) is 2.56. The average molecular weight is 323 g/mol. The number of aromatic nitrogens is 2. The number of halogens is 1. The summed E-state index contributed by atoms with van der Waals surface area (Å²) in [4.78, 5) is 2.10. The van der Waals surface area contributed by atoms with Crippen molar-refractivity contribution in [3.8, 4) is 0 Å². The van der Waals surface area contributed by atoms with E-state index < -0.39 is 0 Å². The third-order valence-corrected chi connectivity index (χ3v) is 3.85. The monoisotopic (exact) mass is 322 g/mol. The van der Waals surface area contributed by atoms with Crippen molar-refractivity contribution in [2.24, 2.45) is 7.05 Å². The molecule has 102 valence electrons. The smallest absolute Gasteiger partial charge is 0.0757 e. The van der Waals surface area contributed by atoms with Crippen LogP contribution < -0.4 is 10.2 Å². The zero-order valence-corrected chi connectivity index (χ0v) is 13.3. The Labute approximate surface area is 122 Å². The summed E-state index contributed by atoms with van der Waals surface area (Å²) in [6.07, 6.45) is 1.83. The fraction of sp³-hybridized carbons (Fsp3) is 0.357. The first kappa shape index (κ1) is 14.1. The van der Waals surface area contributed by atoms with E-state index in [-0.39, 0.29) is 6.04 Å². The average Bonchev–Trinajstić information content (AvgIpc) is 2.72. The Morgan fingerprint density at radius 1 is 1.26 bits per heavy atom. The largest absolute Gasteiger partial charge is 0.378 e. The van der Waals surface area contributed by atoms with E-state index in [1.807, 2.05) is 39.1 Å². The molecule has 0 aliphatic rings. The number of anilines is 1. The van der Waals surface area contributed by atoms with Gasteiger partial charge in [0.25, 0.3) is 0 Å². The second-order valence-electron chi connectivity index (χ2n) is 4.71. The molecule has 2 aromatic rings. The molecular formula is C14H19BrN4. The number of hydrogen-bond acceptors (Lipinski definition) is 3. The summed E-state index contributed by atoms with van der Waals surface area (Å²) in [6, 6.07) is 8.68. The van der Waals surface area contributed by atoms with Crippen LogP contribution in [0.15, 0.2) is 34.9 Å². The van der Waals surface area contributed by atoms with E-state index in [4.69, 9.17) is 0 Å². The lowest BCUT2D eigenvalue weighted by Crippen LogP contribution is -2.21. The quantitative estimate of drug-likeness (QED) is 0.939. The van der Waals surface area contributed by atoms with Crippen LogP contribution in [0.1, 0.15) is 17.3 Å². The van der Waals surface area contributed by atoms with Crippen molar-refractivity contribution in [2.75, 3.05) is 26.0 Å². The minimum Gasteiger partial charge on any atom is -0.378 e. The van der Waals surface area contributed by atoms with Gasteiger partial charge in [0.15, 0.2) is 0 Å². The standard InChI is InChI=1S/C14H19BrN4/c1-16-13(14-12(15)9-17-19(14)4)10-5-7-11(8-6-10)18(2)3/h5-9,13,16H,1-4H3. The summed E-state index contributed by atoms with van der Waals surface area (Å²) in [7, 11) is 8.01. The Balaban J connectivity index is 2.37. The second-order valence-corrected chi connectivity index (χ2v) is 5.56. The van der Waals surface area contributed by atoms with Gasteiger partial charge >= 0.3 is 0 Å². The number of hydrogen-bond donors (Lipinski definition) is 1. The van der Waals surface area contributed by atoms with Crippen molar-refractivity contribution >= 4 is 21.6 Å². The molecule has 4 nitrogen and oxygen atoms in total. The zero-order valence-electron chi connectivity index (χ0n) is 11.7. The van der Waals surface area contributed by atoms with Gasteiger partial charge in [0.1, 0.15) is 0 Å². The molecule has 1 N–H and O–H groups in total.